The number of benzene rings is 1. The van der Waals surface area contributed by atoms with E-state index in [1.807, 2.05) is 0 Å². The highest BCUT2D eigenvalue weighted by atomic mass is 16.4. The van der Waals surface area contributed by atoms with Crippen molar-refractivity contribution in [1.82, 2.24) is 0 Å². The molecule has 0 saturated carbocycles. The number of aromatic carboxylic acids is 1. The fourth-order valence-electron chi connectivity index (χ4n) is 1.18. The molecule has 1 aromatic carbocycles. The van der Waals surface area contributed by atoms with Crippen molar-refractivity contribution in [3.05, 3.63) is 41.0 Å². The van der Waals surface area contributed by atoms with Crippen molar-refractivity contribution in [1.29, 1.82) is 0 Å². The average Bonchev–Trinajstić information content (AvgIpc) is 2.14. The van der Waals surface area contributed by atoms with Crippen LogP contribution in [0.3, 0.4) is 0 Å². The normalized spacial score (nSPS) is 10.4. The van der Waals surface area contributed by atoms with Crippen molar-refractivity contribution in [2.24, 2.45) is 0 Å². The van der Waals surface area contributed by atoms with E-state index in [0.717, 1.165) is 5.56 Å². The molecule has 0 fully saturated rings. The van der Waals surface area contributed by atoms with Gasteiger partial charge in [0, 0.05) is 0 Å². The molecule has 0 radical (unpaired) electrons. The van der Waals surface area contributed by atoms with Crippen molar-refractivity contribution < 1.29 is 14.7 Å². The van der Waals surface area contributed by atoms with Gasteiger partial charge >= 0.3 is 5.97 Å². The zero-order valence-corrected chi connectivity index (χ0v) is 7.73. The van der Waals surface area contributed by atoms with Gasteiger partial charge < -0.3 is 5.11 Å². The Balaban J connectivity index is 3.06. The summed E-state index contributed by atoms with van der Waals surface area (Å²) in [5, 5.41) is 8.76. The Morgan fingerprint density at radius 3 is 2.64 bits per heavy atom. The monoisotopic (exact) mass is 190 g/mol. The summed E-state index contributed by atoms with van der Waals surface area (Å²) in [4.78, 5) is 20.7. The van der Waals surface area contributed by atoms with Gasteiger partial charge in [0.1, 0.15) is 6.29 Å². The molecule has 0 heterocycles. The Hall–Kier alpha value is -1.90. The molecule has 0 spiro atoms. The number of carbonyl (C=O) groups is 2. The zero-order valence-electron chi connectivity index (χ0n) is 7.73. The first-order chi connectivity index (χ1) is 6.65. The van der Waals surface area contributed by atoms with E-state index in [1.54, 1.807) is 25.1 Å². The summed E-state index contributed by atoms with van der Waals surface area (Å²) in [5.41, 5.74) is 1.79. The second-order valence-corrected chi connectivity index (χ2v) is 2.87. The summed E-state index contributed by atoms with van der Waals surface area (Å²) in [5.74, 6) is -0.937. The molecule has 0 unspecified atom stereocenters. The van der Waals surface area contributed by atoms with E-state index < -0.39 is 5.97 Å². The lowest BCUT2D eigenvalue weighted by molar-refractivity contribution is -0.104. The number of hydrogen-bond acceptors (Lipinski definition) is 2. The molecule has 3 heteroatoms. The number of aryl methyl sites for hydroxylation is 1. The fourth-order valence-corrected chi connectivity index (χ4v) is 1.18. The van der Waals surface area contributed by atoms with Gasteiger partial charge in [-0.2, -0.15) is 0 Å². The van der Waals surface area contributed by atoms with Crippen LogP contribution >= 0.6 is 0 Å². The molecular weight excluding hydrogens is 180 g/mol. The molecule has 0 saturated heterocycles. The Morgan fingerprint density at radius 2 is 2.14 bits per heavy atom. The average molecular weight is 190 g/mol. The number of carboxylic acids is 1. The van der Waals surface area contributed by atoms with Crippen molar-refractivity contribution in [2.45, 2.75) is 6.92 Å². The SMILES string of the molecule is Cc1cc(C=CC=O)ccc1C(=O)O. The predicted molar refractivity (Wildman–Crippen MR) is 53.2 cm³/mol. The molecule has 0 aliphatic carbocycles. The standard InChI is InChI=1S/C11H10O3/c1-8-7-9(3-2-6-12)4-5-10(8)11(13)14/h2-7H,1H3,(H,13,14). The summed E-state index contributed by atoms with van der Waals surface area (Å²) in [6.07, 6.45) is 3.68. The number of rotatable bonds is 3. The van der Waals surface area contributed by atoms with Gasteiger partial charge in [0.2, 0.25) is 0 Å². The van der Waals surface area contributed by atoms with Crippen LogP contribution in [0, 0.1) is 6.92 Å². The van der Waals surface area contributed by atoms with Gasteiger partial charge in [-0.15, -0.1) is 0 Å². The topological polar surface area (TPSA) is 54.4 Å². The van der Waals surface area contributed by atoms with E-state index in [1.165, 1.54) is 12.1 Å². The van der Waals surface area contributed by atoms with E-state index >= 15 is 0 Å². The molecule has 1 N–H and O–H groups in total. The maximum absolute atomic E-state index is 10.7. The number of hydrogen-bond donors (Lipinski definition) is 1. The number of carboxylic acid groups (broad SMARTS) is 1. The summed E-state index contributed by atoms with van der Waals surface area (Å²) >= 11 is 0. The smallest absolute Gasteiger partial charge is 0.335 e. The van der Waals surface area contributed by atoms with Gasteiger partial charge in [0.25, 0.3) is 0 Å². The summed E-state index contributed by atoms with van der Waals surface area (Å²) in [6, 6.07) is 4.92. The molecule has 72 valence electrons. The molecule has 0 bridgehead atoms. The van der Waals surface area contributed by atoms with Crippen LogP contribution in [-0.4, -0.2) is 17.4 Å². The lowest BCUT2D eigenvalue weighted by atomic mass is 10.1. The van der Waals surface area contributed by atoms with Crippen LogP contribution < -0.4 is 0 Å². The minimum Gasteiger partial charge on any atom is -0.478 e. The van der Waals surface area contributed by atoms with Crippen LogP contribution in [0.5, 0.6) is 0 Å². The highest BCUT2D eigenvalue weighted by Gasteiger charge is 2.05. The van der Waals surface area contributed by atoms with Crippen LogP contribution in [0.15, 0.2) is 24.3 Å². The molecule has 0 aromatic heterocycles. The summed E-state index contributed by atoms with van der Waals surface area (Å²) in [6.45, 7) is 1.72. The molecule has 1 rings (SSSR count). The number of aldehydes is 1. The van der Waals surface area contributed by atoms with E-state index in [9.17, 15) is 9.59 Å². The summed E-state index contributed by atoms with van der Waals surface area (Å²) in [7, 11) is 0. The third kappa shape index (κ3) is 2.29. The van der Waals surface area contributed by atoms with E-state index in [-0.39, 0.29) is 5.56 Å². The van der Waals surface area contributed by atoms with Crippen molar-refractivity contribution in [2.75, 3.05) is 0 Å². The van der Waals surface area contributed by atoms with Crippen molar-refractivity contribution in [3.63, 3.8) is 0 Å². The van der Waals surface area contributed by atoms with Gasteiger partial charge in [-0.3, -0.25) is 4.79 Å². The van der Waals surface area contributed by atoms with Crippen LogP contribution in [-0.2, 0) is 4.79 Å². The Bertz CT molecular complexity index is 392. The van der Waals surface area contributed by atoms with Gasteiger partial charge in [-0.25, -0.2) is 4.79 Å². The predicted octanol–water partition coefficient (Wildman–Crippen LogP) is 1.91. The Labute approximate surface area is 81.7 Å². The Morgan fingerprint density at radius 1 is 1.43 bits per heavy atom. The quantitative estimate of drug-likeness (QED) is 0.585. The van der Waals surface area contributed by atoms with E-state index in [2.05, 4.69) is 0 Å². The van der Waals surface area contributed by atoms with Crippen molar-refractivity contribution in [3.8, 4) is 0 Å². The maximum atomic E-state index is 10.7. The second-order valence-electron chi connectivity index (χ2n) is 2.87. The first-order valence-corrected chi connectivity index (χ1v) is 4.11. The highest BCUT2D eigenvalue weighted by molar-refractivity contribution is 5.89. The lowest BCUT2D eigenvalue weighted by Gasteiger charge is -2.01. The van der Waals surface area contributed by atoms with Crippen LogP contribution in [0.4, 0.5) is 0 Å². The second kappa shape index (κ2) is 4.37. The van der Waals surface area contributed by atoms with Gasteiger partial charge in [-0.1, -0.05) is 18.2 Å². The highest BCUT2D eigenvalue weighted by Crippen LogP contribution is 2.12. The molecule has 1 aromatic rings. The van der Waals surface area contributed by atoms with Crippen LogP contribution in [0.2, 0.25) is 0 Å². The molecule has 14 heavy (non-hydrogen) atoms. The first-order valence-electron chi connectivity index (χ1n) is 4.11. The van der Waals surface area contributed by atoms with Gasteiger partial charge in [0.15, 0.2) is 0 Å². The molecule has 3 nitrogen and oxygen atoms in total. The number of carbonyl (C=O) groups excluding carboxylic acids is 1. The third-order valence-electron chi connectivity index (χ3n) is 1.85. The third-order valence-corrected chi connectivity index (χ3v) is 1.85. The number of allylic oxidation sites excluding steroid dienone is 1. The molecule has 0 atom stereocenters. The largest absolute Gasteiger partial charge is 0.478 e. The van der Waals surface area contributed by atoms with Crippen LogP contribution in [0.1, 0.15) is 21.5 Å². The zero-order chi connectivity index (χ0) is 10.6. The van der Waals surface area contributed by atoms with Gasteiger partial charge in [-0.05, 0) is 30.2 Å². The minimum atomic E-state index is -0.937. The molecule has 0 aliphatic heterocycles. The fraction of sp³-hybridized carbons (Fsp3) is 0.0909. The molecule has 0 aliphatic rings. The maximum Gasteiger partial charge on any atom is 0.335 e. The summed E-state index contributed by atoms with van der Waals surface area (Å²) < 4.78 is 0. The first kappa shape index (κ1) is 10.2. The van der Waals surface area contributed by atoms with E-state index in [4.69, 9.17) is 5.11 Å². The van der Waals surface area contributed by atoms with Gasteiger partial charge in [0.05, 0.1) is 5.56 Å². The van der Waals surface area contributed by atoms with E-state index in [0.29, 0.717) is 11.8 Å². The minimum absolute atomic E-state index is 0.285. The lowest BCUT2D eigenvalue weighted by Crippen LogP contribution is -1.99. The molecule has 0 amide bonds. The molecular formula is C11H10O3. The Kier molecular flexibility index (Phi) is 3.18. The van der Waals surface area contributed by atoms with Crippen molar-refractivity contribution >= 4 is 18.3 Å². The van der Waals surface area contributed by atoms with Crippen LogP contribution in [0.25, 0.3) is 6.08 Å².